The van der Waals surface area contributed by atoms with Crippen LogP contribution in [0.1, 0.15) is 24.8 Å². The molecule has 156 valence electrons. The smallest absolute Gasteiger partial charge is 0.416 e. The van der Waals surface area contributed by atoms with Crippen LogP contribution in [0, 0.1) is 5.92 Å². The molecule has 3 aliphatic heterocycles. The van der Waals surface area contributed by atoms with Crippen molar-refractivity contribution in [3.8, 4) is 0 Å². The first-order chi connectivity index (χ1) is 14.6. The number of piperidine rings is 1. The van der Waals surface area contributed by atoms with E-state index in [9.17, 15) is 9.90 Å². The van der Waals surface area contributed by atoms with Gasteiger partial charge in [0.2, 0.25) is 0 Å². The summed E-state index contributed by atoms with van der Waals surface area (Å²) in [5.74, 6) is 0.423. The van der Waals surface area contributed by atoms with Gasteiger partial charge in [0.25, 0.3) is 0 Å². The lowest BCUT2D eigenvalue weighted by molar-refractivity contribution is -0.104. The lowest BCUT2D eigenvalue weighted by Crippen LogP contribution is -2.71. The number of aliphatic hydroxyl groups is 1. The van der Waals surface area contributed by atoms with Gasteiger partial charge in [-0.3, -0.25) is 4.90 Å². The fourth-order valence-corrected chi connectivity index (χ4v) is 8.40. The maximum absolute atomic E-state index is 13.0. The van der Waals surface area contributed by atoms with Crippen molar-refractivity contribution in [2.24, 2.45) is 5.92 Å². The number of hydrogen-bond acceptors (Lipinski definition) is 5. The van der Waals surface area contributed by atoms with Crippen LogP contribution in [0.3, 0.4) is 0 Å². The molecule has 2 bridgehead atoms. The topological polar surface area (TPSA) is 53.0 Å². The molecule has 1 amide bonds. The summed E-state index contributed by atoms with van der Waals surface area (Å²) < 4.78 is 5.19. The van der Waals surface area contributed by atoms with Crippen molar-refractivity contribution in [2.75, 3.05) is 25.1 Å². The summed E-state index contributed by atoms with van der Waals surface area (Å²) >= 11 is 1.84. The third-order valence-corrected chi connectivity index (χ3v) is 9.18. The van der Waals surface area contributed by atoms with E-state index in [-0.39, 0.29) is 11.3 Å². The van der Waals surface area contributed by atoms with E-state index in [4.69, 9.17) is 4.74 Å². The van der Waals surface area contributed by atoms with Gasteiger partial charge < -0.3 is 9.84 Å². The maximum atomic E-state index is 13.0. The zero-order valence-corrected chi connectivity index (χ0v) is 17.8. The fourth-order valence-electron chi connectivity index (χ4n) is 6.83. The van der Waals surface area contributed by atoms with Gasteiger partial charge in [0, 0.05) is 22.7 Å². The van der Waals surface area contributed by atoms with E-state index in [1.807, 2.05) is 36.0 Å². The molecule has 5 atom stereocenters. The second-order valence-electron chi connectivity index (χ2n) is 9.03. The van der Waals surface area contributed by atoms with Crippen molar-refractivity contribution >= 4 is 23.5 Å². The zero-order chi connectivity index (χ0) is 20.5. The van der Waals surface area contributed by atoms with Crippen LogP contribution in [0.25, 0.3) is 0 Å². The van der Waals surface area contributed by atoms with Gasteiger partial charge in [-0.1, -0.05) is 36.4 Å². The summed E-state index contributed by atoms with van der Waals surface area (Å²) in [6.45, 7) is 1.99. The first kappa shape index (κ1) is 18.7. The first-order valence-corrected chi connectivity index (χ1v) is 11.6. The number of amides is 1. The van der Waals surface area contributed by atoms with E-state index in [1.165, 1.54) is 12.0 Å². The molecule has 4 aliphatic rings. The minimum absolute atomic E-state index is 0.143. The fraction of sp³-hybridized carbons (Fsp3) is 0.458. The number of fused-ring (bicyclic) bond motifs is 2. The molecule has 2 aromatic carbocycles. The quantitative estimate of drug-likeness (QED) is 0.797. The number of para-hydroxylation sites is 1. The Morgan fingerprint density at radius 1 is 1.17 bits per heavy atom. The molecule has 0 radical (unpaired) electrons. The Balaban J connectivity index is 1.59. The van der Waals surface area contributed by atoms with Crippen LogP contribution >= 0.6 is 11.8 Å². The molecule has 6 heteroatoms. The monoisotopic (exact) mass is 422 g/mol. The number of thioether (sulfide) groups is 1. The largest absolute Gasteiger partial charge is 0.452 e. The predicted molar refractivity (Wildman–Crippen MR) is 117 cm³/mol. The van der Waals surface area contributed by atoms with Gasteiger partial charge in [-0.2, -0.15) is 0 Å². The molecule has 3 heterocycles. The van der Waals surface area contributed by atoms with Crippen molar-refractivity contribution < 1.29 is 14.6 Å². The van der Waals surface area contributed by atoms with Gasteiger partial charge in [-0.25, -0.2) is 9.69 Å². The molecular formula is C24H26N2O3S. The molecule has 5 nitrogen and oxygen atoms in total. The molecule has 6 rings (SSSR count). The third kappa shape index (κ3) is 2.19. The van der Waals surface area contributed by atoms with Gasteiger partial charge in [0.05, 0.1) is 18.2 Å². The highest BCUT2D eigenvalue weighted by atomic mass is 32.2. The number of hydrogen-bond donors (Lipinski definition) is 1. The van der Waals surface area contributed by atoms with Crippen LogP contribution < -0.4 is 4.90 Å². The van der Waals surface area contributed by atoms with E-state index in [1.54, 1.807) is 4.90 Å². The van der Waals surface area contributed by atoms with Crippen LogP contribution in [0.5, 0.6) is 0 Å². The number of methoxy groups -OCH3 is 1. The Morgan fingerprint density at radius 3 is 2.73 bits per heavy atom. The van der Waals surface area contributed by atoms with Crippen molar-refractivity contribution in [1.82, 2.24) is 4.90 Å². The molecule has 2 saturated heterocycles. The number of benzene rings is 2. The van der Waals surface area contributed by atoms with Crippen LogP contribution in [-0.4, -0.2) is 53.3 Å². The zero-order valence-electron chi connectivity index (χ0n) is 17.0. The summed E-state index contributed by atoms with van der Waals surface area (Å²) in [6.07, 6.45) is 2.29. The first-order valence-electron chi connectivity index (χ1n) is 10.8. The Bertz CT molecular complexity index is 1000. The third-order valence-electron chi connectivity index (χ3n) is 7.83. The molecule has 1 spiro atoms. The Labute approximate surface area is 181 Å². The lowest BCUT2D eigenvalue weighted by atomic mass is 9.58. The molecule has 0 unspecified atom stereocenters. The van der Waals surface area contributed by atoms with Gasteiger partial charge in [0.15, 0.2) is 5.72 Å². The van der Waals surface area contributed by atoms with E-state index < -0.39 is 17.2 Å². The summed E-state index contributed by atoms with van der Waals surface area (Å²) in [5, 5.41) is 12.7. The highest BCUT2D eigenvalue weighted by Crippen LogP contribution is 2.67. The van der Waals surface area contributed by atoms with Crippen molar-refractivity contribution in [1.29, 1.82) is 0 Å². The number of rotatable bonds is 2. The minimum atomic E-state index is -1.28. The standard InChI is InChI=1S/C24H26N2O3S/c1-29-22(27)26-19-10-6-5-9-18(19)24-20-13-16(14-23(24,26)28)11-12-25(20)15-21(24)30-17-7-3-2-4-8-17/h2-10,16,20-21,28H,11-15H2,1H3/t16-,20+,21-,23-,24-/m0/s1. The van der Waals surface area contributed by atoms with Crippen molar-refractivity contribution in [2.45, 2.75) is 46.6 Å². The molecule has 0 aromatic heterocycles. The number of carbonyl (C=O) groups excluding carboxylic acids is 1. The van der Waals surface area contributed by atoms with Gasteiger partial charge in [0.1, 0.15) is 0 Å². The van der Waals surface area contributed by atoms with Crippen LogP contribution in [-0.2, 0) is 10.2 Å². The number of anilines is 1. The van der Waals surface area contributed by atoms with Crippen molar-refractivity contribution in [3.05, 3.63) is 60.2 Å². The second-order valence-corrected chi connectivity index (χ2v) is 10.3. The number of ether oxygens (including phenoxy) is 1. The highest BCUT2D eigenvalue weighted by Gasteiger charge is 2.76. The van der Waals surface area contributed by atoms with E-state index >= 15 is 0 Å². The second kappa shape index (κ2) is 6.49. The Kier molecular flexibility index (Phi) is 4.05. The van der Waals surface area contributed by atoms with Crippen molar-refractivity contribution in [3.63, 3.8) is 0 Å². The summed E-state index contributed by atoms with van der Waals surface area (Å²) in [7, 11) is 1.40. The predicted octanol–water partition coefficient (Wildman–Crippen LogP) is 3.86. The van der Waals surface area contributed by atoms with Gasteiger partial charge in [-0.15, -0.1) is 11.8 Å². The summed E-state index contributed by atoms with van der Waals surface area (Å²) in [4.78, 5) is 18.4. The molecule has 2 aromatic rings. The van der Waals surface area contributed by atoms with E-state index in [0.717, 1.165) is 37.2 Å². The number of carbonyl (C=O) groups is 1. The van der Waals surface area contributed by atoms with Gasteiger partial charge >= 0.3 is 6.09 Å². The summed E-state index contributed by atoms with van der Waals surface area (Å²) in [6, 6.07) is 18.8. The molecule has 30 heavy (non-hydrogen) atoms. The Hall–Kier alpha value is -2.02. The average Bonchev–Trinajstić information content (AvgIpc) is 3.22. The molecule has 1 aliphatic carbocycles. The average molecular weight is 423 g/mol. The van der Waals surface area contributed by atoms with Crippen LogP contribution in [0.4, 0.5) is 10.5 Å². The molecule has 1 N–H and O–H groups in total. The van der Waals surface area contributed by atoms with E-state index in [2.05, 4.69) is 35.2 Å². The SMILES string of the molecule is COC(=O)N1c2ccccc2[C@@]23[C@@H](Sc4ccccc4)CN4CC[C@@H](C[C@@H]42)C[C@@]13O. The number of nitrogens with zero attached hydrogens (tertiary/aromatic N) is 2. The molecule has 3 fully saturated rings. The Morgan fingerprint density at radius 2 is 1.93 bits per heavy atom. The van der Waals surface area contributed by atoms with Crippen LogP contribution in [0.2, 0.25) is 0 Å². The van der Waals surface area contributed by atoms with E-state index in [0.29, 0.717) is 12.3 Å². The lowest BCUT2D eigenvalue weighted by Gasteiger charge is -2.56. The highest BCUT2D eigenvalue weighted by molar-refractivity contribution is 8.00. The minimum Gasteiger partial charge on any atom is -0.452 e. The van der Waals surface area contributed by atoms with Crippen LogP contribution in [0.15, 0.2) is 59.5 Å². The van der Waals surface area contributed by atoms with Gasteiger partial charge in [-0.05, 0) is 55.5 Å². The normalized spacial score (nSPS) is 36.3. The molecule has 1 saturated carbocycles. The molecular weight excluding hydrogens is 396 g/mol. The summed E-state index contributed by atoms with van der Waals surface area (Å²) in [5.41, 5.74) is 0.0906. The maximum Gasteiger partial charge on any atom is 0.416 e.